The highest BCUT2D eigenvalue weighted by atomic mass is 127. The highest BCUT2D eigenvalue weighted by molar-refractivity contribution is 14.1. The van der Waals surface area contributed by atoms with Crippen molar-refractivity contribution in [3.8, 4) is 5.75 Å². The standard InChI is InChI=1S/C15H16INO/c1-10-7-8-12(15(18)9-10)11(2)17-14-6-4-3-5-13(14)16/h3-9,11,17-18H,1-2H3. The van der Waals surface area contributed by atoms with E-state index < -0.39 is 0 Å². The topological polar surface area (TPSA) is 32.3 Å². The minimum atomic E-state index is 0.0708. The highest BCUT2D eigenvalue weighted by Crippen LogP contribution is 2.29. The maximum Gasteiger partial charge on any atom is 0.121 e. The average Bonchev–Trinajstić information content (AvgIpc) is 2.32. The molecule has 0 bridgehead atoms. The molecule has 94 valence electrons. The van der Waals surface area contributed by atoms with Crippen molar-refractivity contribution in [2.75, 3.05) is 5.32 Å². The van der Waals surface area contributed by atoms with E-state index in [0.717, 1.165) is 16.8 Å². The molecule has 2 nitrogen and oxygen atoms in total. The number of phenols is 1. The number of anilines is 1. The second-order valence-corrected chi connectivity index (χ2v) is 5.57. The Morgan fingerprint density at radius 3 is 2.56 bits per heavy atom. The van der Waals surface area contributed by atoms with Gasteiger partial charge < -0.3 is 10.4 Å². The summed E-state index contributed by atoms with van der Waals surface area (Å²) in [6.07, 6.45) is 0. The van der Waals surface area contributed by atoms with Crippen molar-refractivity contribution < 1.29 is 5.11 Å². The minimum Gasteiger partial charge on any atom is -0.508 e. The Labute approximate surface area is 121 Å². The van der Waals surface area contributed by atoms with E-state index in [1.807, 2.05) is 44.2 Å². The molecule has 0 saturated heterocycles. The molecule has 0 heterocycles. The van der Waals surface area contributed by atoms with E-state index in [4.69, 9.17) is 0 Å². The molecule has 2 aromatic rings. The second kappa shape index (κ2) is 5.61. The number of aryl methyl sites for hydroxylation is 1. The molecule has 0 radical (unpaired) electrons. The Bertz CT molecular complexity index is 554. The van der Waals surface area contributed by atoms with Crippen LogP contribution >= 0.6 is 22.6 Å². The van der Waals surface area contributed by atoms with Crippen LogP contribution in [0.5, 0.6) is 5.75 Å². The van der Waals surface area contributed by atoms with Gasteiger partial charge in [-0.1, -0.05) is 24.3 Å². The summed E-state index contributed by atoms with van der Waals surface area (Å²) >= 11 is 2.30. The summed E-state index contributed by atoms with van der Waals surface area (Å²) in [4.78, 5) is 0. The molecule has 1 unspecified atom stereocenters. The molecular weight excluding hydrogens is 337 g/mol. The number of halogens is 1. The van der Waals surface area contributed by atoms with Gasteiger partial charge in [0.25, 0.3) is 0 Å². The number of hydrogen-bond donors (Lipinski definition) is 2. The molecular formula is C15H16INO. The molecule has 0 spiro atoms. The first-order valence-electron chi connectivity index (χ1n) is 5.88. The molecule has 1 atom stereocenters. The molecule has 2 aromatic carbocycles. The summed E-state index contributed by atoms with van der Waals surface area (Å²) in [5.74, 6) is 0.348. The van der Waals surface area contributed by atoms with Crippen LogP contribution < -0.4 is 5.32 Å². The van der Waals surface area contributed by atoms with E-state index in [0.29, 0.717) is 5.75 Å². The summed E-state index contributed by atoms with van der Waals surface area (Å²) in [5.41, 5.74) is 3.07. The van der Waals surface area contributed by atoms with Gasteiger partial charge in [-0.25, -0.2) is 0 Å². The lowest BCUT2D eigenvalue weighted by Crippen LogP contribution is -2.07. The fraction of sp³-hybridized carbons (Fsp3) is 0.200. The van der Waals surface area contributed by atoms with Crippen molar-refractivity contribution in [1.82, 2.24) is 0 Å². The van der Waals surface area contributed by atoms with Crippen LogP contribution in [0.1, 0.15) is 24.1 Å². The number of benzene rings is 2. The normalized spacial score (nSPS) is 12.2. The number of rotatable bonds is 3. The van der Waals surface area contributed by atoms with Crippen molar-refractivity contribution in [1.29, 1.82) is 0 Å². The third-order valence-corrected chi connectivity index (χ3v) is 3.84. The van der Waals surface area contributed by atoms with Crippen molar-refractivity contribution in [2.24, 2.45) is 0 Å². The molecule has 18 heavy (non-hydrogen) atoms. The van der Waals surface area contributed by atoms with E-state index >= 15 is 0 Å². The lowest BCUT2D eigenvalue weighted by atomic mass is 10.0. The van der Waals surface area contributed by atoms with E-state index in [-0.39, 0.29) is 6.04 Å². The van der Waals surface area contributed by atoms with Gasteiger partial charge in [-0.3, -0.25) is 0 Å². The molecule has 0 aliphatic carbocycles. The number of phenolic OH excluding ortho intramolecular Hbond substituents is 1. The van der Waals surface area contributed by atoms with Crippen molar-refractivity contribution in [3.05, 3.63) is 57.2 Å². The average molecular weight is 353 g/mol. The van der Waals surface area contributed by atoms with Crippen LogP contribution in [-0.2, 0) is 0 Å². The zero-order valence-corrected chi connectivity index (χ0v) is 12.6. The lowest BCUT2D eigenvalue weighted by molar-refractivity contribution is 0.465. The molecule has 0 saturated carbocycles. The molecule has 0 aliphatic heterocycles. The molecule has 2 N–H and O–H groups in total. The van der Waals surface area contributed by atoms with Crippen LogP contribution in [-0.4, -0.2) is 5.11 Å². The summed E-state index contributed by atoms with van der Waals surface area (Å²) in [6.45, 7) is 4.02. The third-order valence-electron chi connectivity index (χ3n) is 2.90. The maximum absolute atomic E-state index is 9.97. The first-order chi connectivity index (χ1) is 8.58. The highest BCUT2D eigenvalue weighted by Gasteiger charge is 2.11. The molecule has 3 heteroatoms. The van der Waals surface area contributed by atoms with Gasteiger partial charge in [0, 0.05) is 14.8 Å². The zero-order chi connectivity index (χ0) is 13.1. The van der Waals surface area contributed by atoms with Crippen molar-refractivity contribution in [3.63, 3.8) is 0 Å². The Hall–Kier alpha value is -1.23. The Morgan fingerprint density at radius 2 is 1.89 bits per heavy atom. The van der Waals surface area contributed by atoms with E-state index in [1.165, 1.54) is 3.57 Å². The van der Waals surface area contributed by atoms with Gasteiger partial charge in [0.15, 0.2) is 0 Å². The summed E-state index contributed by atoms with van der Waals surface area (Å²) in [7, 11) is 0. The quantitative estimate of drug-likeness (QED) is 0.798. The molecule has 0 amide bonds. The number of para-hydroxylation sites is 1. The van der Waals surface area contributed by atoms with E-state index in [1.54, 1.807) is 6.07 Å². The van der Waals surface area contributed by atoms with E-state index in [2.05, 4.69) is 34.0 Å². The Morgan fingerprint density at radius 1 is 1.17 bits per heavy atom. The third kappa shape index (κ3) is 2.96. The van der Waals surface area contributed by atoms with Crippen LogP contribution in [0.4, 0.5) is 5.69 Å². The van der Waals surface area contributed by atoms with Gasteiger partial charge >= 0.3 is 0 Å². The number of aromatic hydroxyl groups is 1. The maximum atomic E-state index is 9.97. The van der Waals surface area contributed by atoms with Gasteiger partial charge in [-0.05, 0) is 60.2 Å². The molecule has 0 aliphatic rings. The monoisotopic (exact) mass is 353 g/mol. The fourth-order valence-corrected chi connectivity index (χ4v) is 2.45. The first-order valence-corrected chi connectivity index (χ1v) is 6.96. The van der Waals surface area contributed by atoms with Crippen LogP contribution in [0.2, 0.25) is 0 Å². The first kappa shape index (κ1) is 13.2. The van der Waals surface area contributed by atoms with Gasteiger partial charge in [0.1, 0.15) is 5.75 Å². The smallest absolute Gasteiger partial charge is 0.121 e. The van der Waals surface area contributed by atoms with Gasteiger partial charge in [0.2, 0.25) is 0 Å². The van der Waals surface area contributed by atoms with Gasteiger partial charge in [-0.2, -0.15) is 0 Å². The number of hydrogen-bond acceptors (Lipinski definition) is 2. The fourth-order valence-electron chi connectivity index (χ4n) is 1.91. The lowest BCUT2D eigenvalue weighted by Gasteiger charge is -2.18. The minimum absolute atomic E-state index is 0.0708. The van der Waals surface area contributed by atoms with Crippen LogP contribution in [0.15, 0.2) is 42.5 Å². The summed E-state index contributed by atoms with van der Waals surface area (Å²) in [6, 6.07) is 14.0. The second-order valence-electron chi connectivity index (χ2n) is 4.41. The predicted molar refractivity (Wildman–Crippen MR) is 84.0 cm³/mol. The Kier molecular flexibility index (Phi) is 4.11. The van der Waals surface area contributed by atoms with Gasteiger partial charge in [-0.15, -0.1) is 0 Å². The molecule has 2 rings (SSSR count). The molecule has 0 aromatic heterocycles. The van der Waals surface area contributed by atoms with Crippen LogP contribution in [0.3, 0.4) is 0 Å². The van der Waals surface area contributed by atoms with Crippen LogP contribution in [0.25, 0.3) is 0 Å². The predicted octanol–water partition coefficient (Wildman–Crippen LogP) is 4.48. The summed E-state index contributed by atoms with van der Waals surface area (Å²) in [5, 5.41) is 13.4. The zero-order valence-electron chi connectivity index (χ0n) is 10.4. The summed E-state index contributed by atoms with van der Waals surface area (Å²) < 4.78 is 1.17. The Balaban J connectivity index is 2.22. The molecule has 0 fully saturated rings. The van der Waals surface area contributed by atoms with E-state index in [9.17, 15) is 5.11 Å². The van der Waals surface area contributed by atoms with Gasteiger partial charge in [0.05, 0.1) is 6.04 Å². The largest absolute Gasteiger partial charge is 0.508 e. The SMILES string of the molecule is Cc1ccc(C(C)Nc2ccccc2I)c(O)c1. The van der Waals surface area contributed by atoms with Crippen molar-refractivity contribution in [2.45, 2.75) is 19.9 Å². The van der Waals surface area contributed by atoms with Crippen molar-refractivity contribution >= 4 is 28.3 Å². The number of nitrogens with one attached hydrogen (secondary N) is 1. The van der Waals surface area contributed by atoms with Crippen LogP contribution in [0, 0.1) is 10.5 Å².